The van der Waals surface area contributed by atoms with Gasteiger partial charge in [0.15, 0.2) is 0 Å². The van der Waals surface area contributed by atoms with Crippen molar-refractivity contribution in [3.63, 3.8) is 0 Å². The van der Waals surface area contributed by atoms with Gasteiger partial charge in [0.2, 0.25) is 15.9 Å². The predicted molar refractivity (Wildman–Crippen MR) is 78.9 cm³/mol. The highest BCUT2D eigenvalue weighted by molar-refractivity contribution is 7.88. The Morgan fingerprint density at radius 3 is 2.62 bits per heavy atom. The molecule has 0 atom stereocenters. The van der Waals surface area contributed by atoms with Crippen LogP contribution in [0, 0.1) is 5.92 Å². The van der Waals surface area contributed by atoms with Crippen LogP contribution in [0.2, 0.25) is 0 Å². The van der Waals surface area contributed by atoms with E-state index in [0.717, 1.165) is 23.4 Å². The summed E-state index contributed by atoms with van der Waals surface area (Å²) in [5.74, 6) is 1.02. The minimum absolute atomic E-state index is 0.0851. The van der Waals surface area contributed by atoms with E-state index in [-0.39, 0.29) is 19.0 Å². The normalized spacial score (nSPS) is 17.4. The third kappa shape index (κ3) is 4.57. The number of nitrogens with zero attached hydrogens (tertiary/aromatic N) is 2. The van der Waals surface area contributed by atoms with Crippen LogP contribution in [0.1, 0.15) is 25.5 Å². The standard InChI is InChI=1S/C14H22N2O4S/c1-12-5-7-15(8-6-12)14(17)11-16(21(2,18)19)10-13-4-3-9-20-13/h3-4,9,12H,5-8,10-11H2,1-2H3. The van der Waals surface area contributed by atoms with Crippen LogP contribution in [-0.4, -0.2) is 49.4 Å². The Hall–Kier alpha value is -1.34. The fourth-order valence-corrected chi connectivity index (χ4v) is 3.08. The molecular formula is C14H22N2O4S. The van der Waals surface area contributed by atoms with Gasteiger partial charge >= 0.3 is 0 Å². The van der Waals surface area contributed by atoms with E-state index >= 15 is 0 Å². The van der Waals surface area contributed by atoms with Crippen LogP contribution in [-0.2, 0) is 21.4 Å². The molecule has 1 aliphatic heterocycles. The van der Waals surface area contributed by atoms with Gasteiger partial charge in [-0.15, -0.1) is 0 Å². The highest BCUT2D eigenvalue weighted by atomic mass is 32.2. The molecule has 0 N–H and O–H groups in total. The molecule has 0 radical (unpaired) electrons. The van der Waals surface area contributed by atoms with E-state index in [4.69, 9.17) is 4.42 Å². The Balaban J connectivity index is 2.00. The predicted octanol–water partition coefficient (Wildman–Crippen LogP) is 1.30. The lowest BCUT2D eigenvalue weighted by molar-refractivity contribution is -0.132. The van der Waals surface area contributed by atoms with E-state index in [1.54, 1.807) is 17.0 Å². The molecule has 1 fully saturated rings. The minimum atomic E-state index is -3.46. The van der Waals surface area contributed by atoms with Crippen molar-refractivity contribution >= 4 is 15.9 Å². The maximum Gasteiger partial charge on any atom is 0.237 e. The van der Waals surface area contributed by atoms with Gasteiger partial charge in [0.25, 0.3) is 0 Å². The topological polar surface area (TPSA) is 70.8 Å². The first-order chi connectivity index (χ1) is 9.86. The zero-order valence-electron chi connectivity index (χ0n) is 12.5. The summed E-state index contributed by atoms with van der Waals surface area (Å²) in [6, 6.07) is 3.40. The van der Waals surface area contributed by atoms with Crippen LogP contribution in [0.15, 0.2) is 22.8 Å². The van der Waals surface area contributed by atoms with Crippen LogP contribution in [0.5, 0.6) is 0 Å². The largest absolute Gasteiger partial charge is 0.468 e. The highest BCUT2D eigenvalue weighted by Gasteiger charge is 2.26. The summed E-state index contributed by atoms with van der Waals surface area (Å²) >= 11 is 0. The Kier molecular flexibility index (Phi) is 5.05. The molecule has 6 nitrogen and oxygen atoms in total. The number of hydrogen-bond donors (Lipinski definition) is 0. The van der Waals surface area contributed by atoms with E-state index in [9.17, 15) is 13.2 Å². The molecule has 0 spiro atoms. The van der Waals surface area contributed by atoms with Crippen LogP contribution in [0.4, 0.5) is 0 Å². The zero-order valence-corrected chi connectivity index (χ0v) is 13.3. The molecule has 7 heteroatoms. The van der Waals surface area contributed by atoms with E-state index < -0.39 is 10.0 Å². The van der Waals surface area contributed by atoms with Gasteiger partial charge in [0, 0.05) is 13.1 Å². The quantitative estimate of drug-likeness (QED) is 0.821. The van der Waals surface area contributed by atoms with Crippen molar-refractivity contribution in [2.75, 3.05) is 25.9 Å². The van der Waals surface area contributed by atoms with Crippen LogP contribution in [0.25, 0.3) is 0 Å². The molecule has 2 rings (SSSR count). The van der Waals surface area contributed by atoms with Gasteiger partial charge in [0.1, 0.15) is 5.76 Å². The molecule has 0 unspecified atom stereocenters. The first kappa shape index (κ1) is 16.0. The van der Waals surface area contributed by atoms with Crippen molar-refractivity contribution in [2.24, 2.45) is 5.92 Å². The van der Waals surface area contributed by atoms with Crippen molar-refractivity contribution in [3.05, 3.63) is 24.2 Å². The number of furan rings is 1. The number of sulfonamides is 1. The molecule has 1 aliphatic rings. The van der Waals surface area contributed by atoms with Crippen molar-refractivity contribution in [1.82, 2.24) is 9.21 Å². The fraction of sp³-hybridized carbons (Fsp3) is 0.643. The molecule has 1 amide bonds. The molecule has 2 heterocycles. The van der Waals surface area contributed by atoms with Gasteiger partial charge in [-0.2, -0.15) is 4.31 Å². The SMILES string of the molecule is CC1CCN(C(=O)CN(Cc2ccco2)S(C)(=O)=O)CC1. The summed E-state index contributed by atoms with van der Waals surface area (Å²) in [6.45, 7) is 3.54. The average molecular weight is 314 g/mol. The fourth-order valence-electron chi connectivity index (χ4n) is 2.38. The zero-order chi connectivity index (χ0) is 15.5. The van der Waals surface area contributed by atoms with Gasteiger partial charge < -0.3 is 9.32 Å². The number of carbonyl (C=O) groups is 1. The third-order valence-electron chi connectivity index (χ3n) is 3.83. The van der Waals surface area contributed by atoms with Crippen molar-refractivity contribution < 1.29 is 17.6 Å². The number of rotatable bonds is 5. The molecule has 1 saturated heterocycles. The Morgan fingerprint density at radius 2 is 2.10 bits per heavy atom. The van der Waals surface area contributed by atoms with Crippen molar-refractivity contribution in [2.45, 2.75) is 26.3 Å². The lowest BCUT2D eigenvalue weighted by Gasteiger charge is -2.31. The maximum absolute atomic E-state index is 12.3. The molecule has 21 heavy (non-hydrogen) atoms. The van der Waals surface area contributed by atoms with E-state index in [1.165, 1.54) is 6.26 Å². The minimum Gasteiger partial charge on any atom is -0.468 e. The number of amides is 1. The maximum atomic E-state index is 12.3. The lowest BCUT2D eigenvalue weighted by Crippen LogP contribution is -2.45. The number of likely N-dealkylation sites (tertiary alicyclic amines) is 1. The van der Waals surface area contributed by atoms with Gasteiger partial charge in [-0.1, -0.05) is 6.92 Å². The molecule has 118 valence electrons. The van der Waals surface area contributed by atoms with Gasteiger partial charge in [0.05, 0.1) is 25.6 Å². The summed E-state index contributed by atoms with van der Waals surface area (Å²) in [5.41, 5.74) is 0. The Morgan fingerprint density at radius 1 is 1.43 bits per heavy atom. The lowest BCUT2D eigenvalue weighted by atomic mass is 9.99. The summed E-state index contributed by atoms with van der Waals surface area (Å²) in [7, 11) is -3.46. The second-order valence-corrected chi connectivity index (χ2v) is 7.66. The summed E-state index contributed by atoms with van der Waals surface area (Å²) in [6.07, 6.45) is 4.55. The van der Waals surface area contributed by atoms with Gasteiger partial charge in [-0.25, -0.2) is 8.42 Å². The van der Waals surface area contributed by atoms with E-state index in [0.29, 0.717) is 24.8 Å². The highest BCUT2D eigenvalue weighted by Crippen LogP contribution is 2.17. The number of hydrogen-bond acceptors (Lipinski definition) is 4. The van der Waals surface area contributed by atoms with Crippen molar-refractivity contribution in [1.29, 1.82) is 0 Å². The monoisotopic (exact) mass is 314 g/mol. The smallest absolute Gasteiger partial charge is 0.237 e. The average Bonchev–Trinajstić information content (AvgIpc) is 2.90. The van der Waals surface area contributed by atoms with Crippen LogP contribution < -0.4 is 0 Å². The first-order valence-corrected chi connectivity index (χ1v) is 8.96. The van der Waals surface area contributed by atoms with Crippen LogP contribution >= 0.6 is 0 Å². The summed E-state index contributed by atoms with van der Waals surface area (Å²) in [4.78, 5) is 14.0. The van der Waals surface area contributed by atoms with Crippen LogP contribution in [0.3, 0.4) is 0 Å². The third-order valence-corrected chi connectivity index (χ3v) is 5.03. The molecular weight excluding hydrogens is 292 g/mol. The first-order valence-electron chi connectivity index (χ1n) is 7.11. The molecule has 0 bridgehead atoms. The number of piperidine rings is 1. The number of carbonyl (C=O) groups excluding carboxylic acids is 1. The molecule has 0 saturated carbocycles. The van der Waals surface area contributed by atoms with E-state index in [1.807, 2.05) is 0 Å². The molecule has 0 aliphatic carbocycles. The summed E-state index contributed by atoms with van der Waals surface area (Å²) < 4.78 is 30.0. The van der Waals surface area contributed by atoms with Crippen molar-refractivity contribution in [3.8, 4) is 0 Å². The summed E-state index contributed by atoms with van der Waals surface area (Å²) in [5, 5.41) is 0. The Bertz CT molecular complexity index is 560. The second-order valence-electron chi connectivity index (χ2n) is 5.67. The van der Waals surface area contributed by atoms with Gasteiger partial charge in [-0.3, -0.25) is 4.79 Å². The van der Waals surface area contributed by atoms with Gasteiger partial charge in [-0.05, 0) is 30.9 Å². The Labute approximate surface area is 125 Å². The molecule has 1 aromatic heterocycles. The molecule has 1 aromatic rings. The van der Waals surface area contributed by atoms with E-state index in [2.05, 4.69) is 6.92 Å². The second kappa shape index (κ2) is 6.62. The molecule has 0 aromatic carbocycles.